The molecule has 33 heavy (non-hydrogen) atoms. The average molecular weight is 487 g/mol. The summed E-state index contributed by atoms with van der Waals surface area (Å²) in [6.45, 7) is 1.25. The van der Waals surface area contributed by atoms with Gasteiger partial charge in [-0.25, -0.2) is 0 Å². The zero-order valence-corrected chi connectivity index (χ0v) is 18.0. The van der Waals surface area contributed by atoms with Gasteiger partial charge in [0.15, 0.2) is 0 Å². The first kappa shape index (κ1) is 24.8. The van der Waals surface area contributed by atoms with Gasteiger partial charge in [-0.3, -0.25) is 4.79 Å². The van der Waals surface area contributed by atoms with Crippen LogP contribution < -0.4 is 5.32 Å². The van der Waals surface area contributed by atoms with Gasteiger partial charge in [-0.05, 0) is 52.6 Å². The molecule has 1 heterocycles. The molecule has 0 spiro atoms. The number of alkyl halides is 6. The molecule has 176 valence electrons. The topological polar surface area (TPSA) is 49.3 Å². The van der Waals surface area contributed by atoms with Crippen LogP contribution in [0.5, 0.6) is 0 Å². The number of benzene rings is 2. The Balaban J connectivity index is 1.89. The molecule has 0 aliphatic heterocycles. The molecule has 1 amide bonds. The summed E-state index contributed by atoms with van der Waals surface area (Å²) in [5, 5.41) is 16.0. The average Bonchev–Trinajstić information content (AvgIpc) is 3.12. The highest BCUT2D eigenvalue weighted by atomic mass is 32.1. The number of carbonyl (C=O) groups excluding carboxylic acids is 1. The van der Waals surface area contributed by atoms with Crippen molar-refractivity contribution < 1.29 is 36.2 Å². The molecule has 0 saturated carbocycles. The van der Waals surface area contributed by atoms with E-state index in [0.29, 0.717) is 12.1 Å². The Morgan fingerprint density at radius 3 is 2.24 bits per heavy atom. The predicted octanol–water partition coefficient (Wildman–Crippen LogP) is 6.06. The second-order valence-corrected chi connectivity index (χ2v) is 8.37. The van der Waals surface area contributed by atoms with E-state index in [0.717, 1.165) is 27.8 Å². The first-order chi connectivity index (χ1) is 15.3. The summed E-state index contributed by atoms with van der Waals surface area (Å²) < 4.78 is 79.4. The van der Waals surface area contributed by atoms with Gasteiger partial charge in [0, 0.05) is 11.6 Å². The van der Waals surface area contributed by atoms with E-state index in [9.17, 15) is 36.2 Å². The van der Waals surface area contributed by atoms with Crippen LogP contribution >= 0.6 is 11.3 Å². The maximum Gasteiger partial charge on any atom is 0.416 e. The van der Waals surface area contributed by atoms with Crippen molar-refractivity contribution in [2.24, 2.45) is 0 Å². The highest BCUT2D eigenvalue weighted by Gasteiger charge is 2.36. The largest absolute Gasteiger partial charge is 0.416 e. The molecule has 2 atom stereocenters. The highest BCUT2D eigenvalue weighted by molar-refractivity contribution is 7.17. The fraction of sp³-hybridized carbons (Fsp3) is 0.261. The molecular formula is C23H19F6NO2S. The molecule has 0 aliphatic carbocycles. The lowest BCUT2D eigenvalue weighted by Gasteiger charge is -2.21. The van der Waals surface area contributed by atoms with Crippen LogP contribution in [0.2, 0.25) is 0 Å². The lowest BCUT2D eigenvalue weighted by atomic mass is 9.99. The van der Waals surface area contributed by atoms with E-state index < -0.39 is 41.5 Å². The lowest BCUT2D eigenvalue weighted by Crippen LogP contribution is -2.43. The minimum absolute atomic E-state index is 0.0373. The number of hydrogen-bond donors (Lipinski definition) is 2. The Morgan fingerprint density at radius 2 is 1.67 bits per heavy atom. The fourth-order valence-electron chi connectivity index (χ4n) is 3.37. The number of rotatable bonds is 6. The first-order valence-corrected chi connectivity index (χ1v) is 10.6. The highest BCUT2D eigenvalue weighted by Crippen LogP contribution is 2.36. The van der Waals surface area contributed by atoms with E-state index in [4.69, 9.17) is 0 Å². The molecule has 3 nitrogen and oxygen atoms in total. The molecule has 10 heteroatoms. The molecule has 2 aromatic carbocycles. The maximum absolute atomic E-state index is 13.1. The Hall–Kier alpha value is -2.85. The summed E-state index contributed by atoms with van der Waals surface area (Å²) in [5.41, 5.74) is -2.43. The zero-order chi connectivity index (χ0) is 24.4. The molecule has 3 aromatic rings. The van der Waals surface area contributed by atoms with Gasteiger partial charge < -0.3 is 10.4 Å². The maximum atomic E-state index is 13.1. The Kier molecular flexibility index (Phi) is 7.18. The summed E-state index contributed by atoms with van der Waals surface area (Å²) in [7, 11) is 0. The van der Waals surface area contributed by atoms with Crippen LogP contribution in [0.4, 0.5) is 26.3 Å². The van der Waals surface area contributed by atoms with Gasteiger partial charge in [0.25, 0.3) is 0 Å². The van der Waals surface area contributed by atoms with Gasteiger partial charge in [0.05, 0.1) is 23.3 Å². The Bertz CT molecular complexity index is 1130. The van der Waals surface area contributed by atoms with Crippen molar-refractivity contribution in [2.45, 2.75) is 37.8 Å². The standard InChI is InChI=1S/C23H19F6NO2S/c1-13(31)30-19(10-15-12-33-21-5-3-2-4-18(15)21)20(32)7-6-14-8-16(22(24,25)26)11-17(9-14)23(27,28)29/h2-9,11-12,19-20,32H,10H2,1H3,(H,30,31). The SMILES string of the molecule is CC(=O)NC(Cc1csc2ccccc12)C(O)C=Cc1cc(C(F)(F)F)cc(C(F)(F)F)c1. The summed E-state index contributed by atoms with van der Waals surface area (Å²) in [6.07, 6.45) is -9.04. The monoisotopic (exact) mass is 487 g/mol. The number of hydrogen-bond acceptors (Lipinski definition) is 3. The van der Waals surface area contributed by atoms with Crippen LogP contribution in [0.25, 0.3) is 16.2 Å². The number of fused-ring (bicyclic) bond motifs is 1. The third-order valence-corrected chi connectivity index (χ3v) is 5.91. The van der Waals surface area contributed by atoms with E-state index in [1.807, 2.05) is 29.6 Å². The number of nitrogens with one attached hydrogen (secondary N) is 1. The second-order valence-electron chi connectivity index (χ2n) is 7.46. The Labute approximate surface area is 189 Å². The van der Waals surface area contributed by atoms with Crippen LogP contribution in [0.1, 0.15) is 29.2 Å². The molecule has 2 unspecified atom stereocenters. The second kappa shape index (κ2) is 9.56. The van der Waals surface area contributed by atoms with E-state index in [1.165, 1.54) is 18.3 Å². The summed E-state index contributed by atoms with van der Waals surface area (Å²) in [6, 6.07) is 7.84. The molecular weight excluding hydrogens is 468 g/mol. The molecule has 2 N–H and O–H groups in total. The fourth-order valence-corrected chi connectivity index (χ4v) is 4.34. The van der Waals surface area contributed by atoms with Crippen LogP contribution in [-0.4, -0.2) is 23.2 Å². The van der Waals surface area contributed by atoms with Gasteiger partial charge in [-0.2, -0.15) is 26.3 Å². The molecule has 3 rings (SSSR count). The summed E-state index contributed by atoms with van der Waals surface area (Å²) >= 11 is 1.48. The van der Waals surface area contributed by atoms with Gasteiger partial charge in [0.2, 0.25) is 5.91 Å². The van der Waals surface area contributed by atoms with Crippen molar-refractivity contribution >= 4 is 33.4 Å². The molecule has 0 aliphatic rings. The third kappa shape index (κ3) is 6.35. The van der Waals surface area contributed by atoms with Gasteiger partial charge in [-0.15, -0.1) is 11.3 Å². The number of carbonyl (C=O) groups is 1. The van der Waals surface area contributed by atoms with Crippen molar-refractivity contribution in [3.05, 3.63) is 76.2 Å². The van der Waals surface area contributed by atoms with Gasteiger partial charge in [0.1, 0.15) is 0 Å². The van der Waals surface area contributed by atoms with Crippen molar-refractivity contribution in [3.8, 4) is 0 Å². The van der Waals surface area contributed by atoms with Gasteiger partial charge >= 0.3 is 12.4 Å². The van der Waals surface area contributed by atoms with E-state index >= 15 is 0 Å². The van der Waals surface area contributed by atoms with Crippen molar-refractivity contribution in [2.75, 3.05) is 0 Å². The van der Waals surface area contributed by atoms with Crippen LogP contribution in [0, 0.1) is 0 Å². The zero-order valence-electron chi connectivity index (χ0n) is 17.2. The minimum atomic E-state index is -4.97. The van der Waals surface area contributed by atoms with Crippen LogP contribution in [-0.2, 0) is 23.6 Å². The molecule has 0 bridgehead atoms. The predicted molar refractivity (Wildman–Crippen MR) is 115 cm³/mol. The molecule has 1 aromatic heterocycles. The van der Waals surface area contributed by atoms with Gasteiger partial charge in [-0.1, -0.05) is 30.4 Å². The molecule has 0 radical (unpaired) electrons. The van der Waals surface area contributed by atoms with E-state index in [-0.39, 0.29) is 18.1 Å². The summed E-state index contributed by atoms with van der Waals surface area (Å²) in [4.78, 5) is 11.6. The van der Waals surface area contributed by atoms with Crippen molar-refractivity contribution in [1.82, 2.24) is 5.32 Å². The number of aliphatic hydroxyl groups excluding tert-OH is 1. The van der Waals surface area contributed by atoms with Crippen molar-refractivity contribution in [1.29, 1.82) is 0 Å². The number of halogens is 6. The summed E-state index contributed by atoms with van der Waals surface area (Å²) in [5.74, 6) is -0.439. The van der Waals surface area contributed by atoms with Crippen molar-refractivity contribution in [3.63, 3.8) is 0 Å². The normalized spacial score (nSPS) is 14.5. The molecule has 0 fully saturated rings. The Morgan fingerprint density at radius 1 is 1.06 bits per heavy atom. The number of aliphatic hydroxyl groups is 1. The van der Waals surface area contributed by atoms with Crippen LogP contribution in [0.15, 0.2) is 53.9 Å². The minimum Gasteiger partial charge on any atom is -0.387 e. The number of thiophene rings is 1. The van der Waals surface area contributed by atoms with E-state index in [1.54, 1.807) is 0 Å². The third-order valence-electron chi connectivity index (χ3n) is 4.90. The molecule has 0 saturated heterocycles. The van der Waals surface area contributed by atoms with E-state index in [2.05, 4.69) is 5.32 Å². The number of amides is 1. The first-order valence-electron chi connectivity index (χ1n) is 9.72. The lowest BCUT2D eigenvalue weighted by molar-refractivity contribution is -0.143. The van der Waals surface area contributed by atoms with Crippen LogP contribution in [0.3, 0.4) is 0 Å². The smallest absolute Gasteiger partial charge is 0.387 e. The quantitative estimate of drug-likeness (QED) is 0.416.